The van der Waals surface area contributed by atoms with Crippen LogP contribution >= 0.6 is 0 Å². The quantitative estimate of drug-likeness (QED) is 0.841. The van der Waals surface area contributed by atoms with E-state index in [1.165, 1.54) is 22.3 Å². The average Bonchev–Trinajstić information content (AvgIpc) is 2.25. The van der Waals surface area contributed by atoms with Crippen LogP contribution in [-0.4, -0.2) is 5.11 Å². The highest BCUT2D eigenvalue weighted by Gasteiger charge is 2.11. The zero-order valence-electron chi connectivity index (χ0n) is 11.5. The van der Waals surface area contributed by atoms with Gasteiger partial charge >= 0.3 is 0 Å². The number of hydrogen-bond donors (Lipinski definition) is 1. The largest absolute Gasteiger partial charge is 0.384 e. The van der Waals surface area contributed by atoms with E-state index in [1.54, 1.807) is 0 Å². The summed E-state index contributed by atoms with van der Waals surface area (Å²) >= 11 is 0. The third kappa shape index (κ3) is 2.80. The Balaban J connectivity index is 2.43. The molecule has 0 spiro atoms. The maximum atomic E-state index is 10.5. The number of benzene rings is 2. The summed E-state index contributed by atoms with van der Waals surface area (Å²) in [5.41, 5.74) is 6.69. The van der Waals surface area contributed by atoms with Crippen LogP contribution in [0.1, 0.15) is 39.5 Å². The molecule has 1 nitrogen and oxygen atoms in total. The van der Waals surface area contributed by atoms with Gasteiger partial charge in [0.05, 0.1) is 0 Å². The number of aliphatic hydroxyl groups is 1. The molecule has 0 aliphatic heterocycles. The summed E-state index contributed by atoms with van der Waals surface area (Å²) in [6, 6.07) is 12.4. The first-order valence-corrected chi connectivity index (χ1v) is 6.30. The maximum Gasteiger partial charge on any atom is 0.104 e. The summed E-state index contributed by atoms with van der Waals surface area (Å²) in [4.78, 5) is 0. The molecule has 18 heavy (non-hydrogen) atoms. The fraction of sp³-hybridized carbons (Fsp3) is 0.294. The second-order valence-corrected chi connectivity index (χ2v) is 5.24. The zero-order valence-corrected chi connectivity index (χ0v) is 11.5. The Hall–Kier alpha value is -1.60. The monoisotopic (exact) mass is 240 g/mol. The zero-order chi connectivity index (χ0) is 13.3. The van der Waals surface area contributed by atoms with Gasteiger partial charge in [0.2, 0.25) is 0 Å². The Morgan fingerprint density at radius 2 is 0.889 bits per heavy atom. The topological polar surface area (TPSA) is 20.2 Å². The summed E-state index contributed by atoms with van der Waals surface area (Å²) < 4.78 is 0. The van der Waals surface area contributed by atoms with Crippen LogP contribution in [0.25, 0.3) is 0 Å². The molecule has 0 heterocycles. The smallest absolute Gasteiger partial charge is 0.104 e. The minimum Gasteiger partial charge on any atom is -0.384 e. The fourth-order valence-corrected chi connectivity index (χ4v) is 2.53. The van der Waals surface area contributed by atoms with Crippen molar-refractivity contribution in [2.45, 2.75) is 33.8 Å². The number of rotatable bonds is 2. The Morgan fingerprint density at radius 3 is 1.17 bits per heavy atom. The summed E-state index contributed by atoms with van der Waals surface area (Å²) in [7, 11) is 0. The molecule has 0 saturated carbocycles. The summed E-state index contributed by atoms with van der Waals surface area (Å²) in [5.74, 6) is 0. The van der Waals surface area contributed by atoms with E-state index < -0.39 is 6.10 Å². The average molecular weight is 240 g/mol. The van der Waals surface area contributed by atoms with Crippen LogP contribution in [0.3, 0.4) is 0 Å². The number of aliphatic hydroxyl groups excluding tert-OH is 1. The van der Waals surface area contributed by atoms with Gasteiger partial charge in [-0.15, -0.1) is 0 Å². The van der Waals surface area contributed by atoms with Crippen molar-refractivity contribution in [2.75, 3.05) is 0 Å². The predicted molar refractivity (Wildman–Crippen MR) is 75.9 cm³/mol. The Bertz CT molecular complexity index is 478. The molecule has 1 heteroatoms. The van der Waals surface area contributed by atoms with Crippen LogP contribution in [0.2, 0.25) is 0 Å². The van der Waals surface area contributed by atoms with Gasteiger partial charge in [0.1, 0.15) is 6.10 Å². The van der Waals surface area contributed by atoms with Crippen molar-refractivity contribution in [1.29, 1.82) is 0 Å². The van der Waals surface area contributed by atoms with Gasteiger partial charge < -0.3 is 5.11 Å². The van der Waals surface area contributed by atoms with E-state index in [0.29, 0.717) is 0 Å². The van der Waals surface area contributed by atoms with Gasteiger partial charge in [-0.05, 0) is 38.8 Å². The van der Waals surface area contributed by atoms with Crippen molar-refractivity contribution in [3.05, 3.63) is 69.8 Å². The Labute approximate surface area is 109 Å². The highest BCUT2D eigenvalue weighted by molar-refractivity contribution is 5.38. The van der Waals surface area contributed by atoms with Gasteiger partial charge in [-0.25, -0.2) is 0 Å². The summed E-state index contributed by atoms with van der Waals surface area (Å²) in [6.07, 6.45) is -0.540. The first-order chi connectivity index (χ1) is 8.45. The molecule has 0 aliphatic rings. The molecule has 0 aliphatic carbocycles. The first kappa shape index (κ1) is 12.8. The summed E-state index contributed by atoms with van der Waals surface area (Å²) in [6.45, 7) is 8.24. The van der Waals surface area contributed by atoms with Crippen LogP contribution in [-0.2, 0) is 0 Å². The molecular formula is C17H20O. The van der Waals surface area contributed by atoms with Crippen molar-refractivity contribution in [3.8, 4) is 0 Å². The first-order valence-electron chi connectivity index (χ1n) is 6.30. The van der Waals surface area contributed by atoms with Crippen molar-refractivity contribution < 1.29 is 5.11 Å². The van der Waals surface area contributed by atoms with E-state index in [2.05, 4.69) is 64.1 Å². The van der Waals surface area contributed by atoms with Gasteiger partial charge in [0.15, 0.2) is 0 Å². The van der Waals surface area contributed by atoms with Crippen LogP contribution < -0.4 is 0 Å². The Morgan fingerprint density at radius 1 is 0.611 bits per heavy atom. The van der Waals surface area contributed by atoms with E-state index in [9.17, 15) is 5.11 Å². The maximum absolute atomic E-state index is 10.5. The molecule has 2 rings (SSSR count). The number of aryl methyl sites for hydroxylation is 4. The van der Waals surface area contributed by atoms with E-state index in [4.69, 9.17) is 0 Å². The second kappa shape index (κ2) is 4.95. The van der Waals surface area contributed by atoms with E-state index >= 15 is 0 Å². The highest BCUT2D eigenvalue weighted by atomic mass is 16.3. The molecule has 1 N–H and O–H groups in total. The molecule has 0 unspecified atom stereocenters. The summed E-state index contributed by atoms with van der Waals surface area (Å²) in [5, 5.41) is 10.5. The van der Waals surface area contributed by atoms with Crippen LogP contribution in [0.5, 0.6) is 0 Å². The molecule has 0 bridgehead atoms. The lowest BCUT2D eigenvalue weighted by molar-refractivity contribution is 0.220. The lowest BCUT2D eigenvalue weighted by Gasteiger charge is -2.14. The van der Waals surface area contributed by atoms with E-state index in [1.807, 2.05) is 0 Å². The highest BCUT2D eigenvalue weighted by Crippen LogP contribution is 2.25. The third-order valence-corrected chi connectivity index (χ3v) is 3.12. The second-order valence-electron chi connectivity index (χ2n) is 5.24. The minimum atomic E-state index is -0.540. The molecule has 2 aromatic carbocycles. The van der Waals surface area contributed by atoms with Gasteiger partial charge in [-0.2, -0.15) is 0 Å². The van der Waals surface area contributed by atoms with Crippen LogP contribution in [0.4, 0.5) is 0 Å². The van der Waals surface area contributed by atoms with Gasteiger partial charge in [0.25, 0.3) is 0 Å². The number of hydrogen-bond acceptors (Lipinski definition) is 1. The normalized spacial score (nSPS) is 11.0. The molecule has 0 fully saturated rings. The lowest BCUT2D eigenvalue weighted by Crippen LogP contribution is -2.01. The van der Waals surface area contributed by atoms with Gasteiger partial charge in [-0.1, -0.05) is 58.7 Å². The molecule has 0 aromatic heterocycles. The molecule has 0 atom stereocenters. The van der Waals surface area contributed by atoms with Crippen LogP contribution in [0, 0.1) is 27.7 Å². The van der Waals surface area contributed by atoms with E-state index in [0.717, 1.165) is 11.1 Å². The predicted octanol–water partition coefficient (Wildman–Crippen LogP) is 4.00. The lowest BCUT2D eigenvalue weighted by atomic mass is 9.96. The molecule has 0 amide bonds. The van der Waals surface area contributed by atoms with Crippen LogP contribution in [0.15, 0.2) is 36.4 Å². The molecule has 2 aromatic rings. The van der Waals surface area contributed by atoms with Gasteiger partial charge in [0, 0.05) is 0 Å². The van der Waals surface area contributed by atoms with E-state index in [-0.39, 0.29) is 0 Å². The SMILES string of the molecule is Cc1cc(C)cc(C(O)c2cc(C)cc(C)c2)c1. The molecular weight excluding hydrogens is 220 g/mol. The van der Waals surface area contributed by atoms with Crippen molar-refractivity contribution >= 4 is 0 Å². The van der Waals surface area contributed by atoms with Crippen molar-refractivity contribution in [1.82, 2.24) is 0 Å². The Kier molecular flexibility index (Phi) is 3.53. The molecule has 0 saturated heterocycles. The minimum absolute atomic E-state index is 0.540. The molecule has 0 radical (unpaired) electrons. The fourth-order valence-electron chi connectivity index (χ4n) is 2.53. The molecule has 94 valence electrons. The standard InChI is InChI=1S/C17H20O/c1-11-5-12(2)8-15(7-11)17(18)16-9-13(3)6-14(4)10-16/h5-10,17-18H,1-4H3. The third-order valence-electron chi connectivity index (χ3n) is 3.12. The van der Waals surface area contributed by atoms with Crippen molar-refractivity contribution in [2.24, 2.45) is 0 Å². The van der Waals surface area contributed by atoms with Crippen molar-refractivity contribution in [3.63, 3.8) is 0 Å². The van der Waals surface area contributed by atoms with Gasteiger partial charge in [-0.3, -0.25) is 0 Å².